The minimum atomic E-state index is -1.15. The van der Waals surface area contributed by atoms with E-state index in [1.807, 2.05) is 41.4 Å². The Hall–Kier alpha value is -2.82. The van der Waals surface area contributed by atoms with Crippen LogP contribution in [0.2, 0.25) is 0 Å². The van der Waals surface area contributed by atoms with Crippen molar-refractivity contribution in [2.75, 3.05) is 57.6 Å². The first kappa shape index (κ1) is 28.2. The number of ether oxygens (including phenoxy) is 2. The monoisotopic (exact) mass is 588 g/mol. The summed E-state index contributed by atoms with van der Waals surface area (Å²) in [6.45, 7) is 11.2. The largest absolute Gasteiger partial charge is 0.492 e. The average Bonchev–Trinajstić information content (AvgIpc) is 3.37. The zero-order chi connectivity index (χ0) is 27.3. The summed E-state index contributed by atoms with van der Waals surface area (Å²) < 4.78 is 12.2. The molecule has 9 nitrogen and oxygen atoms in total. The molecule has 0 aromatic heterocycles. The van der Waals surface area contributed by atoms with E-state index in [2.05, 4.69) is 20.8 Å². The van der Waals surface area contributed by atoms with Crippen LogP contribution in [0.15, 0.2) is 53.0 Å². The van der Waals surface area contributed by atoms with E-state index < -0.39 is 17.7 Å². The van der Waals surface area contributed by atoms with Crippen molar-refractivity contribution in [2.45, 2.75) is 38.8 Å². The molecule has 38 heavy (non-hydrogen) atoms. The highest BCUT2D eigenvalue weighted by Gasteiger charge is 2.43. The second-order valence-electron chi connectivity index (χ2n) is 10.5. The molecule has 1 atom stereocenters. The van der Waals surface area contributed by atoms with Crippen LogP contribution in [0.3, 0.4) is 0 Å². The van der Waals surface area contributed by atoms with Crippen molar-refractivity contribution in [1.82, 2.24) is 14.8 Å². The predicted octanol–water partition coefficient (Wildman–Crippen LogP) is 4.63. The molecular weight excluding hydrogens is 552 g/mol. The van der Waals surface area contributed by atoms with E-state index >= 15 is 0 Å². The molecule has 2 amide bonds. The quantitative estimate of drug-likeness (QED) is 0.481. The van der Waals surface area contributed by atoms with E-state index in [1.165, 1.54) is 4.90 Å². The maximum atomic E-state index is 14.2. The lowest BCUT2D eigenvalue weighted by atomic mass is 9.97. The van der Waals surface area contributed by atoms with Crippen LogP contribution in [-0.4, -0.2) is 90.0 Å². The molecule has 2 aromatic rings. The van der Waals surface area contributed by atoms with E-state index in [1.54, 1.807) is 37.9 Å². The van der Waals surface area contributed by atoms with Gasteiger partial charge in [0, 0.05) is 42.7 Å². The van der Waals surface area contributed by atoms with Crippen molar-refractivity contribution >= 4 is 33.6 Å². The van der Waals surface area contributed by atoms with Gasteiger partial charge in [-0.05, 0) is 73.0 Å². The van der Waals surface area contributed by atoms with Gasteiger partial charge in [0.15, 0.2) is 0 Å². The lowest BCUT2D eigenvalue weighted by molar-refractivity contribution is -0.138. The number of carbonyl (C=O) groups excluding carboxylic acids is 1. The Morgan fingerprint density at radius 1 is 1.05 bits per heavy atom. The molecule has 0 bridgehead atoms. The van der Waals surface area contributed by atoms with Gasteiger partial charge in [0.25, 0.3) is 5.91 Å². The number of carbonyl (C=O) groups is 2. The topological polar surface area (TPSA) is 85.8 Å². The molecule has 2 aliphatic rings. The highest BCUT2D eigenvalue weighted by Crippen LogP contribution is 2.35. The van der Waals surface area contributed by atoms with E-state index in [-0.39, 0.29) is 5.91 Å². The van der Waals surface area contributed by atoms with Gasteiger partial charge in [0.05, 0.1) is 18.9 Å². The first-order valence-corrected chi connectivity index (χ1v) is 13.8. The number of hydrogen-bond acceptors (Lipinski definition) is 6. The summed E-state index contributed by atoms with van der Waals surface area (Å²) in [5.74, 6) is 0.401. The highest BCUT2D eigenvalue weighted by molar-refractivity contribution is 9.10. The lowest BCUT2D eigenvalue weighted by Gasteiger charge is -2.42. The van der Waals surface area contributed by atoms with Gasteiger partial charge in [-0.1, -0.05) is 24.3 Å². The number of morpholine rings is 1. The van der Waals surface area contributed by atoms with Gasteiger partial charge < -0.3 is 14.6 Å². The standard InChI is InChI=1S/C28H37BrN4O5/c1-28(2,3)33(27(35)36)25(26(34)32-14-6-13-31(32)24-8-5-4-7-23(24)29)21-9-11-22(12-10-21)38-20-17-30-15-18-37-19-16-30/h4-5,7-12,25H,6,13-20H2,1-3H3,(H,35,36)/t25-/m0/s1. The number of hydrogen-bond donors (Lipinski definition) is 1. The van der Waals surface area contributed by atoms with Crippen LogP contribution in [0.4, 0.5) is 10.5 Å². The smallest absolute Gasteiger partial charge is 0.408 e. The Bertz CT molecular complexity index is 1100. The summed E-state index contributed by atoms with van der Waals surface area (Å²) in [6.07, 6.45) is -0.355. The molecule has 0 unspecified atom stereocenters. The number of hydrazine groups is 1. The van der Waals surface area contributed by atoms with Crippen molar-refractivity contribution in [3.05, 3.63) is 58.6 Å². The second kappa shape index (κ2) is 12.4. The van der Waals surface area contributed by atoms with Gasteiger partial charge in [-0.2, -0.15) is 0 Å². The van der Waals surface area contributed by atoms with Crippen molar-refractivity contribution in [3.63, 3.8) is 0 Å². The predicted molar refractivity (Wildman–Crippen MR) is 149 cm³/mol. The highest BCUT2D eigenvalue weighted by atomic mass is 79.9. The van der Waals surface area contributed by atoms with Crippen molar-refractivity contribution in [1.29, 1.82) is 0 Å². The summed E-state index contributed by atoms with van der Waals surface area (Å²) in [7, 11) is 0. The minimum Gasteiger partial charge on any atom is -0.492 e. The molecule has 4 rings (SSSR count). The third-order valence-corrected chi connectivity index (χ3v) is 7.48. The third-order valence-electron chi connectivity index (χ3n) is 6.81. The second-order valence-corrected chi connectivity index (χ2v) is 11.3. The van der Waals surface area contributed by atoms with Gasteiger partial charge in [-0.15, -0.1) is 0 Å². The molecule has 10 heteroatoms. The van der Waals surface area contributed by atoms with Gasteiger partial charge in [-0.3, -0.25) is 24.6 Å². The minimum absolute atomic E-state index is 0.281. The van der Waals surface area contributed by atoms with Crippen LogP contribution in [0.1, 0.15) is 38.8 Å². The average molecular weight is 590 g/mol. The number of amides is 2. The third kappa shape index (κ3) is 6.59. The first-order chi connectivity index (χ1) is 18.2. The van der Waals surface area contributed by atoms with Gasteiger partial charge in [0.1, 0.15) is 18.4 Å². The molecule has 2 fully saturated rings. The van der Waals surface area contributed by atoms with Crippen LogP contribution in [-0.2, 0) is 9.53 Å². The fraction of sp³-hybridized carbons (Fsp3) is 0.500. The Kier molecular flexibility index (Phi) is 9.17. The number of carboxylic acid groups (broad SMARTS) is 1. The Morgan fingerprint density at radius 2 is 1.74 bits per heavy atom. The van der Waals surface area contributed by atoms with Crippen LogP contribution in [0.5, 0.6) is 5.75 Å². The van der Waals surface area contributed by atoms with Gasteiger partial charge >= 0.3 is 6.09 Å². The molecule has 2 heterocycles. The normalized spacial score (nSPS) is 17.4. The fourth-order valence-corrected chi connectivity index (χ4v) is 5.43. The van der Waals surface area contributed by atoms with E-state index in [9.17, 15) is 14.7 Å². The Labute approximate surface area is 233 Å². The molecule has 2 aromatic carbocycles. The van der Waals surface area contributed by atoms with Crippen molar-refractivity contribution in [3.8, 4) is 5.75 Å². The maximum absolute atomic E-state index is 14.2. The van der Waals surface area contributed by atoms with E-state index in [0.717, 1.165) is 49.4 Å². The number of benzene rings is 2. The number of para-hydroxylation sites is 1. The number of halogens is 1. The van der Waals surface area contributed by atoms with Crippen molar-refractivity contribution < 1.29 is 24.2 Å². The summed E-state index contributed by atoms with van der Waals surface area (Å²) in [5, 5.41) is 13.9. The molecule has 2 saturated heterocycles. The summed E-state index contributed by atoms with van der Waals surface area (Å²) >= 11 is 3.60. The molecule has 206 valence electrons. The molecule has 0 radical (unpaired) electrons. The van der Waals surface area contributed by atoms with E-state index in [0.29, 0.717) is 31.0 Å². The SMILES string of the molecule is CC(C)(C)N(C(=O)O)[C@H](C(=O)N1CCCN1c1ccccc1Br)c1ccc(OCCN2CCOCC2)cc1. The van der Waals surface area contributed by atoms with Crippen LogP contribution in [0, 0.1) is 0 Å². The summed E-state index contributed by atoms with van der Waals surface area (Å²) in [4.78, 5) is 30.3. The van der Waals surface area contributed by atoms with Crippen LogP contribution >= 0.6 is 15.9 Å². The molecule has 0 aliphatic carbocycles. The zero-order valence-corrected chi connectivity index (χ0v) is 23.9. The van der Waals surface area contributed by atoms with Gasteiger partial charge in [0.2, 0.25) is 0 Å². The Morgan fingerprint density at radius 3 is 2.37 bits per heavy atom. The molecule has 0 saturated carbocycles. The lowest BCUT2D eigenvalue weighted by Crippen LogP contribution is -2.54. The number of rotatable bonds is 8. The zero-order valence-electron chi connectivity index (χ0n) is 22.3. The Balaban J connectivity index is 1.57. The fourth-order valence-electron chi connectivity index (χ4n) is 4.94. The molecule has 2 aliphatic heterocycles. The number of nitrogens with zero attached hydrogens (tertiary/aromatic N) is 4. The number of anilines is 1. The summed E-state index contributed by atoms with van der Waals surface area (Å²) in [6, 6.07) is 13.9. The first-order valence-electron chi connectivity index (χ1n) is 13.1. The summed E-state index contributed by atoms with van der Waals surface area (Å²) in [5.41, 5.74) is 0.669. The molecule has 0 spiro atoms. The molecular formula is C28H37BrN4O5. The van der Waals surface area contributed by atoms with Crippen LogP contribution in [0.25, 0.3) is 0 Å². The van der Waals surface area contributed by atoms with E-state index in [4.69, 9.17) is 9.47 Å². The maximum Gasteiger partial charge on any atom is 0.408 e. The van der Waals surface area contributed by atoms with Crippen LogP contribution < -0.4 is 9.75 Å². The molecule has 1 N–H and O–H groups in total. The van der Waals surface area contributed by atoms with Gasteiger partial charge in [-0.25, -0.2) is 4.79 Å². The van der Waals surface area contributed by atoms with Crippen molar-refractivity contribution in [2.24, 2.45) is 0 Å².